The molecule has 3 aromatic rings. The van der Waals surface area contributed by atoms with Gasteiger partial charge in [0.05, 0.1) is 0 Å². The van der Waals surface area contributed by atoms with Crippen LogP contribution in [0.2, 0.25) is 0 Å². The monoisotopic (exact) mass is 608 g/mol. The minimum atomic E-state index is -5.94. The molecule has 1 saturated heterocycles. The zero-order chi connectivity index (χ0) is 31.6. The molecule has 6 nitrogen and oxygen atoms in total. The summed E-state index contributed by atoms with van der Waals surface area (Å²) in [5.41, 5.74) is -2.44. The van der Waals surface area contributed by atoms with Gasteiger partial charge in [-0.25, -0.2) is 0 Å². The number of halogens is 6. The summed E-state index contributed by atoms with van der Waals surface area (Å²) in [6.45, 7) is 8.70. The Morgan fingerprint density at radius 2 is 1.56 bits per heavy atom. The van der Waals surface area contributed by atoms with Gasteiger partial charge in [-0.3, -0.25) is 19.6 Å². The van der Waals surface area contributed by atoms with Crippen molar-refractivity contribution in [2.45, 2.75) is 63.9 Å². The second-order valence-electron chi connectivity index (χ2n) is 11.2. The first-order chi connectivity index (χ1) is 20.1. The molecule has 1 aromatic heterocycles. The summed E-state index contributed by atoms with van der Waals surface area (Å²) >= 11 is 0. The van der Waals surface area contributed by atoms with Crippen LogP contribution in [0.15, 0.2) is 67.0 Å². The lowest BCUT2D eigenvalue weighted by atomic mass is 9.90. The molecule has 1 amide bonds. The fourth-order valence-corrected chi connectivity index (χ4v) is 5.35. The lowest BCUT2D eigenvalue weighted by Gasteiger charge is -2.41. The molecule has 2 heterocycles. The van der Waals surface area contributed by atoms with Gasteiger partial charge in [-0.05, 0) is 60.7 Å². The number of aliphatic hydroxyl groups is 1. The summed E-state index contributed by atoms with van der Waals surface area (Å²) in [4.78, 5) is 21.5. The molecule has 1 aliphatic heterocycles. The van der Waals surface area contributed by atoms with Crippen LogP contribution < -0.4 is 5.32 Å². The van der Waals surface area contributed by atoms with Gasteiger partial charge in [0.25, 0.3) is 5.60 Å². The second-order valence-corrected chi connectivity index (χ2v) is 11.2. The lowest BCUT2D eigenvalue weighted by Crippen LogP contribution is -2.59. The largest absolute Gasteiger partial charge is 0.430 e. The third-order valence-corrected chi connectivity index (χ3v) is 7.58. The summed E-state index contributed by atoms with van der Waals surface area (Å²) in [5, 5.41) is 12.7. The first-order valence-corrected chi connectivity index (χ1v) is 13.8. The van der Waals surface area contributed by atoms with Crippen LogP contribution >= 0.6 is 0 Å². The Morgan fingerprint density at radius 1 is 0.930 bits per heavy atom. The molecule has 0 bridgehead atoms. The van der Waals surface area contributed by atoms with Crippen molar-refractivity contribution in [3.05, 3.63) is 89.2 Å². The number of hydrogen-bond donors (Lipinski definition) is 2. The number of aryl methyl sites for hydroxylation is 1. The van der Waals surface area contributed by atoms with Gasteiger partial charge in [0.15, 0.2) is 0 Å². The van der Waals surface area contributed by atoms with E-state index in [0.717, 1.165) is 35.4 Å². The van der Waals surface area contributed by atoms with Crippen molar-refractivity contribution in [1.82, 2.24) is 20.1 Å². The highest BCUT2D eigenvalue weighted by atomic mass is 19.4. The Kier molecular flexibility index (Phi) is 9.53. The van der Waals surface area contributed by atoms with Crippen molar-refractivity contribution in [3.63, 3.8) is 0 Å². The number of piperazine rings is 1. The number of benzene rings is 2. The van der Waals surface area contributed by atoms with Crippen LogP contribution in [0, 0.1) is 6.92 Å². The topological polar surface area (TPSA) is 68.7 Å². The lowest BCUT2D eigenvalue weighted by molar-refractivity contribution is -0.376. The molecule has 1 atom stereocenters. The van der Waals surface area contributed by atoms with Crippen molar-refractivity contribution in [1.29, 1.82) is 0 Å². The number of aromatic nitrogens is 1. The first kappa shape index (κ1) is 32.4. The summed E-state index contributed by atoms with van der Waals surface area (Å²) in [6, 6.07) is 12.6. The Bertz CT molecular complexity index is 1380. The average Bonchev–Trinajstić information content (AvgIpc) is 2.92. The molecule has 43 heavy (non-hydrogen) atoms. The number of alkyl halides is 6. The molecule has 1 unspecified atom stereocenters. The maximum atomic E-state index is 13.3. The Labute approximate surface area is 246 Å². The van der Waals surface area contributed by atoms with Gasteiger partial charge in [-0.1, -0.05) is 42.5 Å². The standard InChI is InChI=1S/C31H34F6N4O2/c1-20(2)39-28(42)27-19-40(14-15-41(27)18-22-10-12-38-13-11-22)17-23-4-9-26(21(3)16-23)24-5-7-25(8-6-24)29(43,30(32,33)34)31(35,36)37/h4-13,16,20,27,43H,14-15,17-19H2,1-3H3,(H,39,42). The number of nitrogens with zero attached hydrogens (tertiary/aromatic N) is 3. The van der Waals surface area contributed by atoms with Crippen LogP contribution in [0.25, 0.3) is 11.1 Å². The van der Waals surface area contributed by atoms with Crippen LogP contribution in [0.1, 0.15) is 36.1 Å². The third kappa shape index (κ3) is 7.19. The molecule has 2 aromatic carbocycles. The number of pyridine rings is 1. The SMILES string of the molecule is Cc1cc(CN2CCN(Cc3ccncc3)C(C(=O)NC(C)C)C2)ccc1-c1ccc(C(O)(C(F)(F)F)C(F)(F)F)cc1. The van der Waals surface area contributed by atoms with Gasteiger partial charge in [0, 0.05) is 56.7 Å². The van der Waals surface area contributed by atoms with E-state index >= 15 is 0 Å². The smallest absolute Gasteiger partial charge is 0.369 e. The van der Waals surface area contributed by atoms with E-state index in [2.05, 4.69) is 20.1 Å². The summed E-state index contributed by atoms with van der Waals surface area (Å²) in [7, 11) is 0. The fraction of sp³-hybridized carbons (Fsp3) is 0.419. The van der Waals surface area contributed by atoms with E-state index in [4.69, 9.17) is 0 Å². The van der Waals surface area contributed by atoms with Gasteiger partial charge < -0.3 is 10.4 Å². The summed E-state index contributed by atoms with van der Waals surface area (Å²) < 4.78 is 79.5. The summed E-state index contributed by atoms with van der Waals surface area (Å²) in [5.74, 6) is -0.0494. The average molecular weight is 609 g/mol. The van der Waals surface area contributed by atoms with E-state index in [1.165, 1.54) is 0 Å². The highest BCUT2D eigenvalue weighted by Gasteiger charge is 2.71. The van der Waals surface area contributed by atoms with E-state index in [9.17, 15) is 36.2 Å². The number of rotatable bonds is 8. The predicted octanol–water partition coefficient (Wildman–Crippen LogP) is 5.58. The van der Waals surface area contributed by atoms with Gasteiger partial charge in [0.2, 0.25) is 5.91 Å². The van der Waals surface area contributed by atoms with Crippen LogP contribution in [0.4, 0.5) is 26.3 Å². The van der Waals surface area contributed by atoms with Crippen molar-refractivity contribution in [3.8, 4) is 11.1 Å². The van der Waals surface area contributed by atoms with E-state index < -0.39 is 23.5 Å². The fourth-order valence-electron chi connectivity index (χ4n) is 5.35. The molecule has 4 rings (SSSR count). The van der Waals surface area contributed by atoms with Gasteiger partial charge in [-0.2, -0.15) is 26.3 Å². The number of nitrogens with one attached hydrogen (secondary N) is 1. The Morgan fingerprint density at radius 3 is 2.12 bits per heavy atom. The van der Waals surface area contributed by atoms with Crippen molar-refractivity contribution >= 4 is 5.91 Å². The predicted molar refractivity (Wildman–Crippen MR) is 150 cm³/mol. The maximum Gasteiger partial charge on any atom is 0.430 e. The zero-order valence-corrected chi connectivity index (χ0v) is 24.0. The number of hydrogen-bond acceptors (Lipinski definition) is 5. The molecule has 0 radical (unpaired) electrons. The minimum absolute atomic E-state index is 0.00867. The van der Waals surface area contributed by atoms with E-state index in [1.54, 1.807) is 25.4 Å². The molecular formula is C31H34F6N4O2. The molecule has 0 spiro atoms. The van der Waals surface area contributed by atoms with Crippen molar-refractivity contribution < 1.29 is 36.2 Å². The third-order valence-electron chi connectivity index (χ3n) is 7.58. The highest BCUT2D eigenvalue weighted by molar-refractivity contribution is 5.82. The molecule has 0 aliphatic carbocycles. The number of amides is 1. The first-order valence-electron chi connectivity index (χ1n) is 13.8. The highest BCUT2D eigenvalue weighted by Crippen LogP contribution is 2.50. The van der Waals surface area contributed by atoms with Gasteiger partial charge in [-0.15, -0.1) is 0 Å². The molecule has 232 valence electrons. The van der Waals surface area contributed by atoms with E-state index in [-0.39, 0.29) is 18.0 Å². The number of carbonyl (C=O) groups is 1. The van der Waals surface area contributed by atoms with Crippen LogP contribution in [0.3, 0.4) is 0 Å². The normalized spacial score (nSPS) is 17.3. The van der Waals surface area contributed by atoms with Gasteiger partial charge in [0.1, 0.15) is 6.04 Å². The van der Waals surface area contributed by atoms with Crippen LogP contribution in [-0.2, 0) is 23.5 Å². The number of carbonyl (C=O) groups excluding carboxylic acids is 1. The molecule has 2 N–H and O–H groups in total. The van der Waals surface area contributed by atoms with Gasteiger partial charge >= 0.3 is 12.4 Å². The summed E-state index contributed by atoms with van der Waals surface area (Å²) in [6.07, 6.45) is -8.44. The molecule has 12 heteroatoms. The van der Waals surface area contributed by atoms with E-state index in [0.29, 0.717) is 49.4 Å². The van der Waals surface area contributed by atoms with Crippen molar-refractivity contribution in [2.24, 2.45) is 0 Å². The zero-order valence-electron chi connectivity index (χ0n) is 24.0. The van der Waals surface area contributed by atoms with E-state index in [1.807, 2.05) is 38.1 Å². The Balaban J connectivity index is 1.49. The van der Waals surface area contributed by atoms with Crippen LogP contribution in [-0.4, -0.2) is 69.9 Å². The maximum absolute atomic E-state index is 13.3. The van der Waals surface area contributed by atoms with Crippen LogP contribution in [0.5, 0.6) is 0 Å². The minimum Gasteiger partial charge on any atom is -0.369 e. The molecule has 0 saturated carbocycles. The molecule has 1 fully saturated rings. The molecular weight excluding hydrogens is 574 g/mol. The molecule has 1 aliphatic rings. The second kappa shape index (κ2) is 12.6. The van der Waals surface area contributed by atoms with Crippen molar-refractivity contribution in [2.75, 3.05) is 19.6 Å². The Hall–Kier alpha value is -3.48. The quantitative estimate of drug-likeness (QED) is 0.327.